The molecule has 0 unspecified atom stereocenters. The van der Waals surface area contributed by atoms with Crippen LogP contribution in [0.25, 0.3) is 11.0 Å². The Morgan fingerprint density at radius 3 is 2.61 bits per heavy atom. The second kappa shape index (κ2) is 7.21. The number of carbonyl (C=O) groups is 1. The van der Waals surface area contributed by atoms with Crippen molar-refractivity contribution in [3.05, 3.63) is 47.8 Å². The summed E-state index contributed by atoms with van der Waals surface area (Å²) in [4.78, 5) is 25.7. The molecule has 0 spiro atoms. The van der Waals surface area contributed by atoms with Crippen LogP contribution in [0.4, 0.5) is 13.2 Å². The minimum atomic E-state index is -4.77. The van der Waals surface area contributed by atoms with E-state index in [1.807, 2.05) is 0 Å². The zero-order valence-corrected chi connectivity index (χ0v) is 16.7. The van der Waals surface area contributed by atoms with Gasteiger partial charge in [-0.25, -0.2) is 9.97 Å². The fourth-order valence-corrected chi connectivity index (χ4v) is 3.78. The van der Waals surface area contributed by atoms with Crippen molar-refractivity contribution in [2.45, 2.75) is 51.1 Å². The molecular formula is C21H22F3N5O2. The zero-order chi connectivity index (χ0) is 21.8. The topological polar surface area (TPSA) is 81.9 Å². The van der Waals surface area contributed by atoms with Crippen LogP contribution in [0.1, 0.15) is 61.2 Å². The minimum Gasteiger partial charge on any atom is -0.406 e. The van der Waals surface area contributed by atoms with Crippen LogP contribution in [0.2, 0.25) is 0 Å². The number of benzene rings is 1. The third-order valence-corrected chi connectivity index (χ3v) is 5.51. The Kier molecular flexibility index (Phi) is 4.60. The van der Waals surface area contributed by atoms with E-state index in [0.717, 1.165) is 31.2 Å². The molecule has 0 radical (unpaired) electrons. The lowest BCUT2D eigenvalue weighted by Gasteiger charge is -2.19. The maximum absolute atomic E-state index is 12.8. The largest absolute Gasteiger partial charge is 0.573 e. The summed E-state index contributed by atoms with van der Waals surface area (Å²) in [6.45, 7) is 1.79. The summed E-state index contributed by atoms with van der Waals surface area (Å²) >= 11 is 0. The molecule has 2 fully saturated rings. The van der Waals surface area contributed by atoms with E-state index in [-0.39, 0.29) is 36.8 Å². The van der Waals surface area contributed by atoms with E-state index in [1.54, 1.807) is 13.0 Å². The summed E-state index contributed by atoms with van der Waals surface area (Å²) in [5.41, 5.74) is 2.08. The minimum absolute atomic E-state index is 0. The molecule has 2 aliphatic carbocycles. The Bertz CT molecular complexity index is 1140. The Balaban J connectivity index is 0.00000245. The number of ether oxygens (including phenoxy) is 1. The summed E-state index contributed by atoms with van der Waals surface area (Å²) < 4.78 is 44.0. The quantitative estimate of drug-likeness (QED) is 0.619. The lowest BCUT2D eigenvalue weighted by atomic mass is 10.1. The Morgan fingerprint density at radius 2 is 2.00 bits per heavy atom. The van der Waals surface area contributed by atoms with Crippen LogP contribution in [-0.2, 0) is 0 Å². The molecular weight excluding hydrogens is 411 g/mol. The van der Waals surface area contributed by atoms with Crippen LogP contribution in [0.3, 0.4) is 0 Å². The SMILES string of the molecule is Cc1cnc(C(=O)N[C@H](c2nc3cc(OC(F)(F)F)ccc3n2C2CC2)C2CC2)cn1.[HH]. The average molecular weight is 433 g/mol. The van der Waals surface area contributed by atoms with Crippen LogP contribution in [0.5, 0.6) is 5.75 Å². The molecule has 2 heterocycles. The lowest BCUT2D eigenvalue weighted by Crippen LogP contribution is -2.32. The number of aryl methyl sites for hydroxylation is 1. The van der Waals surface area contributed by atoms with E-state index in [1.165, 1.54) is 24.5 Å². The molecule has 1 aromatic carbocycles. The second-order valence-electron chi connectivity index (χ2n) is 8.10. The molecule has 0 saturated heterocycles. The van der Waals surface area contributed by atoms with Gasteiger partial charge in [0.1, 0.15) is 17.3 Å². The number of nitrogens with one attached hydrogen (secondary N) is 1. The highest BCUT2D eigenvalue weighted by atomic mass is 19.4. The molecule has 1 amide bonds. The molecule has 2 saturated carbocycles. The number of rotatable bonds is 6. The van der Waals surface area contributed by atoms with Crippen molar-refractivity contribution in [2.24, 2.45) is 5.92 Å². The maximum Gasteiger partial charge on any atom is 0.573 e. The van der Waals surface area contributed by atoms with E-state index < -0.39 is 6.36 Å². The first kappa shape index (κ1) is 19.8. The number of hydrogen-bond donors (Lipinski definition) is 1. The summed E-state index contributed by atoms with van der Waals surface area (Å²) in [6, 6.07) is 4.07. The lowest BCUT2D eigenvalue weighted by molar-refractivity contribution is -0.274. The van der Waals surface area contributed by atoms with E-state index in [4.69, 9.17) is 0 Å². The number of fused-ring (bicyclic) bond motifs is 1. The third kappa shape index (κ3) is 4.19. The van der Waals surface area contributed by atoms with E-state index in [2.05, 4.69) is 29.6 Å². The number of carbonyl (C=O) groups excluding carboxylic acids is 1. The van der Waals surface area contributed by atoms with Gasteiger partial charge in [-0.3, -0.25) is 9.78 Å². The van der Waals surface area contributed by atoms with Gasteiger partial charge in [0.25, 0.3) is 5.91 Å². The zero-order valence-electron chi connectivity index (χ0n) is 16.7. The number of halogens is 3. The van der Waals surface area contributed by atoms with Crippen LogP contribution in [-0.4, -0.2) is 31.8 Å². The number of nitrogens with zero attached hydrogens (tertiary/aromatic N) is 4. The van der Waals surface area contributed by atoms with Crippen molar-refractivity contribution in [1.82, 2.24) is 24.8 Å². The van der Waals surface area contributed by atoms with E-state index in [0.29, 0.717) is 17.0 Å². The molecule has 7 nitrogen and oxygen atoms in total. The first-order valence-electron chi connectivity index (χ1n) is 10.2. The molecule has 1 N–H and O–H groups in total. The molecule has 1 atom stereocenters. The van der Waals surface area contributed by atoms with E-state index in [9.17, 15) is 18.0 Å². The number of alkyl halides is 3. The van der Waals surface area contributed by atoms with Crippen LogP contribution in [0.15, 0.2) is 30.6 Å². The van der Waals surface area contributed by atoms with Crippen molar-refractivity contribution in [3.63, 3.8) is 0 Å². The summed E-state index contributed by atoms with van der Waals surface area (Å²) in [5, 5.41) is 3.03. The molecule has 31 heavy (non-hydrogen) atoms. The average Bonchev–Trinajstić information content (AvgIpc) is 3.62. The Labute approximate surface area is 177 Å². The Hall–Kier alpha value is -3.17. The summed E-state index contributed by atoms with van der Waals surface area (Å²) in [6.07, 6.45) is 2.01. The van der Waals surface area contributed by atoms with Gasteiger partial charge in [-0.1, -0.05) is 0 Å². The predicted octanol–water partition coefficient (Wildman–Crippen LogP) is 4.50. The van der Waals surface area contributed by atoms with Crippen LogP contribution < -0.4 is 10.1 Å². The van der Waals surface area contributed by atoms with Gasteiger partial charge in [-0.15, -0.1) is 13.2 Å². The van der Waals surface area contributed by atoms with Gasteiger partial charge >= 0.3 is 6.36 Å². The van der Waals surface area contributed by atoms with Gasteiger partial charge < -0.3 is 14.6 Å². The van der Waals surface area contributed by atoms with Crippen molar-refractivity contribution in [1.29, 1.82) is 0 Å². The van der Waals surface area contributed by atoms with Crippen LogP contribution >= 0.6 is 0 Å². The number of amides is 1. The summed E-state index contributed by atoms with van der Waals surface area (Å²) in [7, 11) is 0. The first-order chi connectivity index (χ1) is 14.8. The molecule has 2 aliphatic rings. The second-order valence-corrected chi connectivity index (χ2v) is 8.10. The molecule has 2 aromatic heterocycles. The third-order valence-electron chi connectivity index (χ3n) is 5.51. The predicted molar refractivity (Wildman–Crippen MR) is 107 cm³/mol. The fourth-order valence-electron chi connectivity index (χ4n) is 3.78. The van der Waals surface area contributed by atoms with Crippen molar-refractivity contribution < 1.29 is 24.1 Å². The smallest absolute Gasteiger partial charge is 0.406 e. The van der Waals surface area contributed by atoms with Crippen molar-refractivity contribution in [3.8, 4) is 5.75 Å². The Morgan fingerprint density at radius 1 is 1.23 bits per heavy atom. The fraction of sp³-hybridized carbons (Fsp3) is 0.429. The van der Waals surface area contributed by atoms with Gasteiger partial charge in [-0.05, 0) is 50.7 Å². The molecule has 5 rings (SSSR count). The standard InChI is InChI=1S/C21H20F3N5O2.H2/c1-11-9-26-16(10-25-11)20(30)28-18(12-2-3-12)19-27-15-8-14(31-21(22,23)24)6-7-17(15)29(19)13-4-5-13;/h6-10,12-13,18H,2-5H2,1H3,(H,28,30);1H/t18-;/m0./s1. The molecule has 0 aliphatic heterocycles. The molecule has 3 aromatic rings. The van der Waals surface area contributed by atoms with Crippen LogP contribution in [0, 0.1) is 12.8 Å². The first-order valence-corrected chi connectivity index (χ1v) is 10.2. The summed E-state index contributed by atoms with van der Waals surface area (Å²) in [5.74, 6) is 0.231. The number of aromatic nitrogens is 4. The van der Waals surface area contributed by atoms with Crippen molar-refractivity contribution >= 4 is 16.9 Å². The molecule has 0 bridgehead atoms. The van der Waals surface area contributed by atoms with Crippen molar-refractivity contribution in [2.75, 3.05) is 0 Å². The van der Waals surface area contributed by atoms with Gasteiger partial charge in [-0.2, -0.15) is 0 Å². The normalized spacial score (nSPS) is 17.5. The molecule has 164 valence electrons. The van der Waals surface area contributed by atoms with E-state index >= 15 is 0 Å². The van der Waals surface area contributed by atoms with Gasteiger partial charge in [0.2, 0.25) is 0 Å². The maximum atomic E-state index is 12.8. The highest BCUT2D eigenvalue weighted by molar-refractivity contribution is 5.92. The van der Waals surface area contributed by atoms with Gasteiger partial charge in [0.05, 0.1) is 29.0 Å². The molecule has 10 heteroatoms. The highest BCUT2D eigenvalue weighted by Gasteiger charge is 2.40. The number of hydrogen-bond acceptors (Lipinski definition) is 5. The van der Waals surface area contributed by atoms with Gasteiger partial charge in [0, 0.05) is 19.7 Å². The highest BCUT2D eigenvalue weighted by Crippen LogP contribution is 2.46. The monoisotopic (exact) mass is 433 g/mol. The number of imidazole rings is 1. The van der Waals surface area contributed by atoms with Gasteiger partial charge in [0.15, 0.2) is 0 Å².